The second kappa shape index (κ2) is 5.49. The maximum Gasteiger partial charge on any atom is 0.153 e. The number of fused-ring (bicyclic) bond motifs is 1. The minimum atomic E-state index is -0.150. The highest BCUT2D eigenvalue weighted by Gasteiger charge is 2.17. The van der Waals surface area contributed by atoms with E-state index in [1.807, 2.05) is 12.2 Å². The number of phenols is 1. The van der Waals surface area contributed by atoms with Crippen LogP contribution in [-0.4, -0.2) is 38.1 Å². The van der Waals surface area contributed by atoms with Crippen molar-refractivity contribution in [1.29, 1.82) is 0 Å². The molecule has 21 heavy (non-hydrogen) atoms. The lowest BCUT2D eigenvalue weighted by Crippen LogP contribution is -2.04. The highest BCUT2D eigenvalue weighted by Crippen LogP contribution is 2.27. The van der Waals surface area contributed by atoms with Crippen molar-refractivity contribution in [2.45, 2.75) is 19.3 Å². The Morgan fingerprint density at radius 3 is 2.90 bits per heavy atom. The summed E-state index contributed by atoms with van der Waals surface area (Å²) in [5.41, 5.74) is 2.92. The van der Waals surface area contributed by atoms with E-state index in [9.17, 15) is 9.90 Å². The van der Waals surface area contributed by atoms with Gasteiger partial charge in [-0.1, -0.05) is 6.08 Å². The van der Waals surface area contributed by atoms with Crippen molar-refractivity contribution in [3.05, 3.63) is 40.7 Å². The van der Waals surface area contributed by atoms with Crippen molar-refractivity contribution in [1.82, 2.24) is 15.0 Å². The summed E-state index contributed by atoms with van der Waals surface area (Å²) >= 11 is 0. The van der Waals surface area contributed by atoms with Crippen LogP contribution in [0.5, 0.6) is 5.75 Å². The molecule has 0 atom stereocenters. The Bertz CT molecular complexity index is 719. The van der Waals surface area contributed by atoms with Gasteiger partial charge < -0.3 is 10.2 Å². The number of aldehydes is 1. The summed E-state index contributed by atoms with van der Waals surface area (Å²) in [7, 11) is 0. The Morgan fingerprint density at radius 2 is 2.19 bits per heavy atom. The lowest BCUT2D eigenvalue weighted by atomic mass is 10.1. The summed E-state index contributed by atoms with van der Waals surface area (Å²) < 4.78 is 0. The van der Waals surface area contributed by atoms with Crippen molar-refractivity contribution in [2.75, 3.05) is 6.61 Å². The van der Waals surface area contributed by atoms with Gasteiger partial charge in [-0.2, -0.15) is 5.10 Å². The Hall–Kier alpha value is -2.47. The van der Waals surface area contributed by atoms with Crippen LogP contribution in [-0.2, 0) is 12.8 Å². The third-order valence-electron chi connectivity index (χ3n) is 3.46. The van der Waals surface area contributed by atoms with Gasteiger partial charge in [0.25, 0.3) is 0 Å². The van der Waals surface area contributed by atoms with Gasteiger partial charge in [0.1, 0.15) is 11.4 Å². The van der Waals surface area contributed by atoms with Crippen LogP contribution in [0, 0.1) is 0 Å². The van der Waals surface area contributed by atoms with Gasteiger partial charge in [0, 0.05) is 6.61 Å². The number of aliphatic hydroxyl groups excluding tert-OH is 1. The lowest BCUT2D eigenvalue weighted by Gasteiger charge is -2.08. The topological polar surface area (TPSA) is 88.2 Å². The number of hydrogen-bond acceptors (Lipinski definition) is 5. The molecule has 0 fully saturated rings. The molecule has 1 aliphatic carbocycles. The highest BCUT2D eigenvalue weighted by molar-refractivity contribution is 5.82. The van der Waals surface area contributed by atoms with Crippen LogP contribution in [0.4, 0.5) is 0 Å². The number of nitrogens with zero attached hydrogens (tertiary/aromatic N) is 3. The maximum atomic E-state index is 11.1. The van der Waals surface area contributed by atoms with Crippen LogP contribution in [0.1, 0.15) is 33.7 Å². The first kappa shape index (κ1) is 13.5. The molecule has 0 aliphatic heterocycles. The van der Waals surface area contributed by atoms with Gasteiger partial charge in [-0.05, 0) is 43.0 Å². The minimum absolute atomic E-state index is 0.0334. The van der Waals surface area contributed by atoms with E-state index in [4.69, 9.17) is 5.11 Å². The first-order valence-corrected chi connectivity index (χ1v) is 6.78. The monoisotopic (exact) mass is 285 g/mol. The summed E-state index contributed by atoms with van der Waals surface area (Å²) in [6.45, 7) is -0.0334. The Labute approximate surface area is 121 Å². The molecule has 6 heteroatoms. The summed E-state index contributed by atoms with van der Waals surface area (Å²) in [6, 6.07) is 3.25. The number of benzene rings is 1. The molecule has 0 saturated heterocycles. The van der Waals surface area contributed by atoms with E-state index in [1.165, 1.54) is 4.80 Å². The molecule has 0 amide bonds. The van der Waals surface area contributed by atoms with Gasteiger partial charge in [0.15, 0.2) is 12.0 Å². The summed E-state index contributed by atoms with van der Waals surface area (Å²) in [5, 5.41) is 27.9. The predicted octanol–water partition coefficient (Wildman–Crippen LogP) is 1.28. The van der Waals surface area contributed by atoms with Gasteiger partial charge in [0.05, 0.1) is 11.3 Å². The van der Waals surface area contributed by atoms with Gasteiger partial charge in [-0.25, -0.2) is 0 Å². The average molecular weight is 285 g/mol. The van der Waals surface area contributed by atoms with Crippen LogP contribution in [0.25, 0.3) is 11.8 Å². The largest absolute Gasteiger partial charge is 0.505 e. The quantitative estimate of drug-likeness (QED) is 0.826. The fourth-order valence-electron chi connectivity index (χ4n) is 2.40. The molecule has 0 bridgehead atoms. The van der Waals surface area contributed by atoms with Gasteiger partial charge in [0.2, 0.25) is 0 Å². The number of aromatic nitrogens is 3. The van der Waals surface area contributed by atoms with E-state index in [2.05, 4.69) is 10.2 Å². The van der Waals surface area contributed by atoms with Crippen LogP contribution in [0.15, 0.2) is 18.2 Å². The molecule has 1 aromatic heterocycles. The van der Waals surface area contributed by atoms with Crippen LogP contribution in [0.2, 0.25) is 0 Å². The molecule has 6 nitrogen and oxygen atoms in total. The number of aliphatic hydroxyl groups is 1. The molecular formula is C15H15N3O3. The molecule has 0 unspecified atom stereocenters. The standard InChI is InChI=1S/C15H15N3O3/c19-6-5-10-7-11(9-20)15(21)14(8-10)18-16-12-3-1-2-4-13(12)17-18/h1,3,7-9,19,21H,2,4-6H2. The maximum absolute atomic E-state index is 11.1. The summed E-state index contributed by atoms with van der Waals surface area (Å²) in [4.78, 5) is 12.4. The van der Waals surface area contributed by atoms with E-state index >= 15 is 0 Å². The minimum Gasteiger partial charge on any atom is -0.505 e. The van der Waals surface area contributed by atoms with Gasteiger partial charge in [-0.15, -0.1) is 9.90 Å². The van der Waals surface area contributed by atoms with Crippen molar-refractivity contribution in [2.24, 2.45) is 0 Å². The Balaban J connectivity index is 2.12. The summed E-state index contributed by atoms with van der Waals surface area (Å²) in [6.07, 6.45) is 6.64. The summed E-state index contributed by atoms with van der Waals surface area (Å²) in [5.74, 6) is -0.150. The average Bonchev–Trinajstić information content (AvgIpc) is 2.92. The molecule has 0 spiro atoms. The van der Waals surface area contributed by atoms with Crippen LogP contribution in [0.3, 0.4) is 0 Å². The molecule has 0 saturated carbocycles. The van der Waals surface area contributed by atoms with E-state index in [0.29, 0.717) is 18.4 Å². The molecular weight excluding hydrogens is 270 g/mol. The fourth-order valence-corrected chi connectivity index (χ4v) is 2.40. The normalized spacial score (nSPS) is 13.2. The molecule has 2 N–H and O–H groups in total. The van der Waals surface area contributed by atoms with Gasteiger partial charge in [-0.3, -0.25) is 4.79 Å². The number of phenolic OH excluding ortho intramolecular Hbond substituents is 1. The SMILES string of the molecule is O=Cc1cc(CCO)cc(-n2nc3c(n2)CCC=C3)c1O. The highest BCUT2D eigenvalue weighted by atomic mass is 16.3. The van der Waals surface area contributed by atoms with Crippen molar-refractivity contribution < 1.29 is 15.0 Å². The van der Waals surface area contributed by atoms with Gasteiger partial charge >= 0.3 is 0 Å². The molecule has 108 valence electrons. The number of carbonyl (C=O) groups excluding carboxylic acids is 1. The number of allylic oxidation sites excluding steroid dienone is 1. The number of carbonyl (C=O) groups is 1. The first-order valence-electron chi connectivity index (χ1n) is 6.78. The zero-order chi connectivity index (χ0) is 14.8. The smallest absolute Gasteiger partial charge is 0.153 e. The van der Waals surface area contributed by atoms with E-state index in [0.717, 1.165) is 29.8 Å². The third kappa shape index (κ3) is 2.45. The predicted molar refractivity (Wildman–Crippen MR) is 76.6 cm³/mol. The number of rotatable bonds is 4. The number of aromatic hydroxyl groups is 1. The van der Waals surface area contributed by atoms with Crippen molar-refractivity contribution in [3.8, 4) is 11.4 Å². The molecule has 1 aromatic carbocycles. The zero-order valence-corrected chi connectivity index (χ0v) is 11.4. The van der Waals surface area contributed by atoms with Crippen molar-refractivity contribution >= 4 is 12.4 Å². The Kier molecular flexibility index (Phi) is 3.53. The first-order chi connectivity index (χ1) is 10.2. The molecule has 2 aromatic rings. The molecule has 1 aliphatic rings. The van der Waals surface area contributed by atoms with E-state index < -0.39 is 0 Å². The van der Waals surface area contributed by atoms with E-state index in [1.54, 1.807) is 12.1 Å². The van der Waals surface area contributed by atoms with Crippen molar-refractivity contribution in [3.63, 3.8) is 0 Å². The lowest BCUT2D eigenvalue weighted by molar-refractivity contribution is 0.112. The number of aryl methyl sites for hydroxylation is 1. The van der Waals surface area contributed by atoms with E-state index in [-0.39, 0.29) is 17.9 Å². The molecule has 1 heterocycles. The second-order valence-electron chi connectivity index (χ2n) is 4.91. The van der Waals surface area contributed by atoms with Crippen LogP contribution >= 0.6 is 0 Å². The Morgan fingerprint density at radius 1 is 1.33 bits per heavy atom. The zero-order valence-electron chi connectivity index (χ0n) is 11.4. The number of hydrogen-bond donors (Lipinski definition) is 2. The molecule has 0 radical (unpaired) electrons. The second-order valence-corrected chi connectivity index (χ2v) is 4.91. The third-order valence-corrected chi connectivity index (χ3v) is 3.46. The van der Waals surface area contributed by atoms with Crippen LogP contribution < -0.4 is 0 Å². The molecule has 3 rings (SSSR count). The fraction of sp³-hybridized carbons (Fsp3) is 0.267.